The highest BCUT2D eigenvalue weighted by molar-refractivity contribution is 4.91. The Morgan fingerprint density at radius 3 is 2.72 bits per heavy atom. The molecule has 0 bridgehead atoms. The van der Waals surface area contributed by atoms with Gasteiger partial charge in [-0.3, -0.25) is 0 Å². The average molecular weight is 257 g/mol. The van der Waals surface area contributed by atoms with Crippen LogP contribution in [0.15, 0.2) is 0 Å². The van der Waals surface area contributed by atoms with Crippen molar-refractivity contribution in [1.82, 2.24) is 5.32 Å². The second kappa shape index (κ2) is 6.33. The minimum atomic E-state index is -0.757. The molecule has 3 unspecified atom stereocenters. The van der Waals surface area contributed by atoms with E-state index in [0.29, 0.717) is 32.0 Å². The van der Waals surface area contributed by atoms with E-state index >= 15 is 0 Å². The van der Waals surface area contributed by atoms with E-state index in [1.54, 1.807) is 0 Å². The van der Waals surface area contributed by atoms with Gasteiger partial charge < -0.3 is 20.3 Å². The molecule has 18 heavy (non-hydrogen) atoms. The first-order valence-electron chi connectivity index (χ1n) is 7.33. The van der Waals surface area contributed by atoms with E-state index < -0.39 is 5.60 Å². The third-order valence-electron chi connectivity index (χ3n) is 4.55. The van der Waals surface area contributed by atoms with Crippen molar-refractivity contribution in [2.24, 2.45) is 5.92 Å². The lowest BCUT2D eigenvalue weighted by Gasteiger charge is -2.27. The van der Waals surface area contributed by atoms with Crippen LogP contribution in [0.4, 0.5) is 0 Å². The first-order chi connectivity index (χ1) is 8.60. The summed E-state index contributed by atoms with van der Waals surface area (Å²) >= 11 is 0. The molecule has 106 valence electrons. The Labute approximate surface area is 110 Å². The summed E-state index contributed by atoms with van der Waals surface area (Å²) in [5, 5.41) is 23.4. The van der Waals surface area contributed by atoms with Crippen LogP contribution in [0.3, 0.4) is 0 Å². The summed E-state index contributed by atoms with van der Waals surface area (Å²) in [7, 11) is 0. The van der Waals surface area contributed by atoms with Crippen LogP contribution >= 0.6 is 0 Å². The van der Waals surface area contributed by atoms with Gasteiger partial charge in [-0.15, -0.1) is 0 Å². The van der Waals surface area contributed by atoms with Gasteiger partial charge >= 0.3 is 0 Å². The molecule has 0 amide bonds. The second-order valence-electron chi connectivity index (χ2n) is 6.04. The van der Waals surface area contributed by atoms with E-state index in [-0.39, 0.29) is 12.2 Å². The zero-order chi connectivity index (χ0) is 13.0. The Hall–Kier alpha value is -0.160. The van der Waals surface area contributed by atoms with Crippen molar-refractivity contribution < 1.29 is 14.9 Å². The third-order valence-corrected chi connectivity index (χ3v) is 4.55. The minimum Gasteiger partial charge on any atom is -0.392 e. The number of hydrogen-bond acceptors (Lipinski definition) is 4. The molecule has 1 aliphatic carbocycles. The average Bonchev–Trinajstić information content (AvgIpc) is 2.91. The van der Waals surface area contributed by atoms with Crippen molar-refractivity contribution in [3.05, 3.63) is 0 Å². The molecule has 0 aromatic carbocycles. The topological polar surface area (TPSA) is 61.7 Å². The Balaban J connectivity index is 1.62. The number of aliphatic hydroxyl groups excluding tert-OH is 1. The molecule has 3 N–H and O–H groups in total. The smallest absolute Gasteiger partial charge is 0.105 e. The van der Waals surface area contributed by atoms with Gasteiger partial charge in [-0.1, -0.05) is 25.7 Å². The van der Waals surface area contributed by atoms with Gasteiger partial charge in [0.05, 0.1) is 12.2 Å². The molecule has 1 saturated heterocycles. The maximum Gasteiger partial charge on any atom is 0.105 e. The molecule has 2 rings (SSSR count). The summed E-state index contributed by atoms with van der Waals surface area (Å²) in [5.74, 6) is 0.707. The molecule has 2 fully saturated rings. The van der Waals surface area contributed by atoms with Gasteiger partial charge in [0, 0.05) is 26.1 Å². The van der Waals surface area contributed by atoms with Gasteiger partial charge in [0.25, 0.3) is 0 Å². The maximum absolute atomic E-state index is 10.3. The van der Waals surface area contributed by atoms with Crippen molar-refractivity contribution in [3.8, 4) is 0 Å². The van der Waals surface area contributed by atoms with E-state index in [0.717, 1.165) is 6.42 Å². The lowest BCUT2D eigenvalue weighted by molar-refractivity contribution is -0.0276. The van der Waals surface area contributed by atoms with Crippen LogP contribution in [-0.2, 0) is 4.74 Å². The largest absolute Gasteiger partial charge is 0.392 e. The van der Waals surface area contributed by atoms with Gasteiger partial charge in [-0.2, -0.15) is 0 Å². The van der Waals surface area contributed by atoms with Gasteiger partial charge in [0.15, 0.2) is 0 Å². The van der Waals surface area contributed by atoms with E-state index in [9.17, 15) is 10.2 Å². The zero-order valence-electron chi connectivity index (χ0n) is 11.4. The second-order valence-corrected chi connectivity index (χ2v) is 6.04. The molecule has 0 radical (unpaired) electrons. The molecule has 1 heterocycles. The van der Waals surface area contributed by atoms with Gasteiger partial charge in [0.1, 0.15) is 5.60 Å². The maximum atomic E-state index is 10.3. The van der Waals surface area contributed by atoms with E-state index in [1.807, 2.05) is 6.92 Å². The van der Waals surface area contributed by atoms with Crippen LogP contribution in [0.25, 0.3) is 0 Å². The monoisotopic (exact) mass is 257 g/mol. The summed E-state index contributed by atoms with van der Waals surface area (Å²) in [4.78, 5) is 0. The Morgan fingerprint density at radius 1 is 1.39 bits per heavy atom. The fraction of sp³-hybridized carbons (Fsp3) is 1.00. The molecule has 0 aromatic rings. The Bertz CT molecular complexity index is 255. The first-order valence-corrected chi connectivity index (χ1v) is 7.33. The standard InChI is InChI=1S/C14H27NO3/c1-11-14(17,6-7-18-11)10-15-9-13(16)8-12-4-2-3-5-12/h11-13,15-17H,2-10H2,1H3. The summed E-state index contributed by atoms with van der Waals surface area (Å²) in [5.41, 5.74) is -0.757. The minimum absolute atomic E-state index is 0.114. The normalized spacial score (nSPS) is 35.2. The molecule has 2 aliphatic rings. The first kappa shape index (κ1) is 14.3. The van der Waals surface area contributed by atoms with E-state index in [1.165, 1.54) is 25.7 Å². The van der Waals surface area contributed by atoms with Crippen LogP contribution in [-0.4, -0.2) is 47.7 Å². The Kier molecular flexibility index (Phi) is 5.01. The summed E-state index contributed by atoms with van der Waals surface area (Å²) in [6.45, 7) is 3.62. The van der Waals surface area contributed by atoms with E-state index in [4.69, 9.17) is 4.74 Å². The lowest BCUT2D eigenvalue weighted by Crippen LogP contribution is -2.47. The highest BCUT2D eigenvalue weighted by Crippen LogP contribution is 2.28. The highest BCUT2D eigenvalue weighted by atomic mass is 16.5. The molecular weight excluding hydrogens is 230 g/mol. The molecule has 1 aliphatic heterocycles. The van der Waals surface area contributed by atoms with Gasteiger partial charge in [-0.25, -0.2) is 0 Å². The summed E-state index contributed by atoms with van der Waals surface area (Å²) < 4.78 is 5.38. The predicted molar refractivity (Wildman–Crippen MR) is 70.4 cm³/mol. The van der Waals surface area contributed by atoms with Crippen LogP contribution in [0.5, 0.6) is 0 Å². The van der Waals surface area contributed by atoms with Crippen molar-refractivity contribution >= 4 is 0 Å². The van der Waals surface area contributed by atoms with Crippen molar-refractivity contribution in [2.75, 3.05) is 19.7 Å². The Morgan fingerprint density at radius 2 is 2.11 bits per heavy atom. The number of aliphatic hydroxyl groups is 2. The summed E-state index contributed by atoms with van der Waals surface area (Å²) in [6, 6.07) is 0. The fourth-order valence-corrected chi connectivity index (χ4v) is 3.17. The van der Waals surface area contributed by atoms with Crippen LogP contribution in [0.2, 0.25) is 0 Å². The number of ether oxygens (including phenoxy) is 1. The molecule has 0 spiro atoms. The number of hydrogen-bond donors (Lipinski definition) is 3. The zero-order valence-corrected chi connectivity index (χ0v) is 11.4. The quantitative estimate of drug-likeness (QED) is 0.666. The number of rotatable bonds is 6. The van der Waals surface area contributed by atoms with Crippen LogP contribution in [0.1, 0.15) is 45.4 Å². The van der Waals surface area contributed by atoms with E-state index in [2.05, 4.69) is 5.32 Å². The van der Waals surface area contributed by atoms with Crippen LogP contribution < -0.4 is 5.32 Å². The predicted octanol–water partition coefficient (Wildman–Crippen LogP) is 1.06. The van der Waals surface area contributed by atoms with Crippen LogP contribution in [0, 0.1) is 5.92 Å². The SMILES string of the molecule is CC1OCCC1(O)CNCC(O)CC1CCCC1. The highest BCUT2D eigenvalue weighted by Gasteiger charge is 2.39. The van der Waals surface area contributed by atoms with Crippen molar-refractivity contribution in [2.45, 2.75) is 63.3 Å². The molecule has 0 aromatic heterocycles. The summed E-state index contributed by atoms with van der Waals surface area (Å²) in [6.07, 6.45) is 6.36. The van der Waals surface area contributed by atoms with Crippen molar-refractivity contribution in [1.29, 1.82) is 0 Å². The molecule has 3 atom stereocenters. The molecular formula is C14H27NO3. The number of nitrogens with one attached hydrogen (secondary N) is 1. The van der Waals surface area contributed by atoms with Gasteiger partial charge in [0.2, 0.25) is 0 Å². The fourth-order valence-electron chi connectivity index (χ4n) is 3.17. The lowest BCUT2D eigenvalue weighted by atomic mass is 9.96. The molecule has 1 saturated carbocycles. The van der Waals surface area contributed by atoms with Gasteiger partial charge in [-0.05, 0) is 19.3 Å². The third kappa shape index (κ3) is 3.67. The molecule has 4 nitrogen and oxygen atoms in total. The molecule has 4 heteroatoms. The van der Waals surface area contributed by atoms with Crippen molar-refractivity contribution in [3.63, 3.8) is 0 Å².